The van der Waals surface area contributed by atoms with Gasteiger partial charge in [0.1, 0.15) is 0 Å². The largest absolute Gasteiger partial charge is 0.490 e. The molecule has 1 spiro atoms. The van der Waals surface area contributed by atoms with Crippen LogP contribution in [-0.2, 0) is 14.3 Å². The summed E-state index contributed by atoms with van der Waals surface area (Å²) >= 11 is 0. The molecule has 2 aliphatic rings. The van der Waals surface area contributed by atoms with Crippen molar-refractivity contribution in [3.05, 3.63) is 0 Å². The van der Waals surface area contributed by atoms with Gasteiger partial charge in [0.2, 0.25) is 0 Å². The number of aliphatic carboxylic acids is 1. The lowest BCUT2D eigenvalue weighted by Gasteiger charge is -2.53. The van der Waals surface area contributed by atoms with E-state index in [0.29, 0.717) is 5.41 Å². The van der Waals surface area contributed by atoms with Crippen molar-refractivity contribution in [1.82, 2.24) is 5.32 Å². The zero-order chi connectivity index (χ0) is 14.0. The summed E-state index contributed by atoms with van der Waals surface area (Å²) in [4.78, 5) is 19.9. The lowest BCUT2D eigenvalue weighted by Crippen LogP contribution is -2.61. The standard InChI is InChI=1S/C8H13NO2.C2HF3O2/c1-11-7(10)6-2-8(3-6)4-9-5-8;3-2(4,5)1(6)7/h6,9H,2-5H2,1H3;(H,6,7). The van der Waals surface area contributed by atoms with E-state index in [-0.39, 0.29) is 11.9 Å². The summed E-state index contributed by atoms with van der Waals surface area (Å²) in [5.74, 6) is -2.59. The second kappa shape index (κ2) is 5.13. The minimum atomic E-state index is -5.08. The van der Waals surface area contributed by atoms with E-state index >= 15 is 0 Å². The van der Waals surface area contributed by atoms with Crippen molar-refractivity contribution in [2.45, 2.75) is 19.0 Å². The highest BCUT2D eigenvalue weighted by atomic mass is 19.4. The zero-order valence-electron chi connectivity index (χ0n) is 9.71. The highest BCUT2D eigenvalue weighted by molar-refractivity contribution is 5.73. The predicted molar refractivity (Wildman–Crippen MR) is 53.7 cm³/mol. The third kappa shape index (κ3) is 3.34. The SMILES string of the molecule is COC(=O)C1CC2(CNC2)C1.O=C(O)C(F)(F)F. The maximum absolute atomic E-state index is 11.0. The highest BCUT2D eigenvalue weighted by Crippen LogP contribution is 2.48. The highest BCUT2D eigenvalue weighted by Gasteiger charge is 2.51. The number of esters is 1. The van der Waals surface area contributed by atoms with Gasteiger partial charge >= 0.3 is 18.1 Å². The minimum Gasteiger partial charge on any atom is -0.475 e. The van der Waals surface area contributed by atoms with E-state index in [9.17, 15) is 18.0 Å². The third-order valence-corrected chi connectivity index (χ3v) is 3.14. The molecular formula is C10H14F3NO4. The van der Waals surface area contributed by atoms with Crippen molar-refractivity contribution < 1.29 is 32.6 Å². The van der Waals surface area contributed by atoms with Crippen LogP contribution in [0, 0.1) is 11.3 Å². The van der Waals surface area contributed by atoms with Crippen molar-refractivity contribution >= 4 is 11.9 Å². The molecule has 1 heterocycles. The van der Waals surface area contributed by atoms with Crippen molar-refractivity contribution in [1.29, 1.82) is 0 Å². The van der Waals surface area contributed by atoms with Crippen molar-refractivity contribution in [3.63, 3.8) is 0 Å². The Bertz CT molecular complexity index is 331. The van der Waals surface area contributed by atoms with E-state index in [1.165, 1.54) is 7.11 Å². The Morgan fingerprint density at radius 1 is 1.33 bits per heavy atom. The van der Waals surface area contributed by atoms with Gasteiger partial charge in [0.15, 0.2) is 0 Å². The van der Waals surface area contributed by atoms with Gasteiger partial charge in [0.05, 0.1) is 13.0 Å². The number of carboxylic acids is 1. The number of carbonyl (C=O) groups is 2. The summed E-state index contributed by atoms with van der Waals surface area (Å²) in [6.07, 6.45) is -3.01. The molecule has 1 saturated carbocycles. The van der Waals surface area contributed by atoms with Gasteiger partial charge in [-0.15, -0.1) is 0 Å². The van der Waals surface area contributed by atoms with Crippen LogP contribution in [0.4, 0.5) is 13.2 Å². The van der Waals surface area contributed by atoms with Gasteiger partial charge in [0.25, 0.3) is 0 Å². The molecule has 8 heteroatoms. The Balaban J connectivity index is 0.000000203. The Morgan fingerprint density at radius 2 is 1.78 bits per heavy atom. The fraction of sp³-hybridized carbons (Fsp3) is 0.800. The molecule has 1 aliphatic heterocycles. The predicted octanol–water partition coefficient (Wildman–Crippen LogP) is 0.792. The van der Waals surface area contributed by atoms with Gasteiger partial charge in [0, 0.05) is 13.1 Å². The Morgan fingerprint density at radius 3 is 2.00 bits per heavy atom. The molecule has 18 heavy (non-hydrogen) atoms. The van der Waals surface area contributed by atoms with Crippen LogP contribution in [0.2, 0.25) is 0 Å². The lowest BCUT2D eigenvalue weighted by molar-refractivity contribution is -0.192. The second-order valence-corrected chi connectivity index (χ2v) is 4.53. The monoisotopic (exact) mass is 269 g/mol. The summed E-state index contributed by atoms with van der Waals surface area (Å²) in [5, 5.41) is 10.4. The van der Waals surface area contributed by atoms with Crippen LogP contribution in [0.3, 0.4) is 0 Å². The van der Waals surface area contributed by atoms with Crippen LogP contribution >= 0.6 is 0 Å². The number of methoxy groups -OCH3 is 1. The number of hydrogen-bond acceptors (Lipinski definition) is 4. The first kappa shape index (κ1) is 14.7. The van der Waals surface area contributed by atoms with Crippen molar-refractivity contribution in [3.8, 4) is 0 Å². The van der Waals surface area contributed by atoms with E-state index in [1.807, 2.05) is 0 Å². The van der Waals surface area contributed by atoms with Gasteiger partial charge in [-0.1, -0.05) is 0 Å². The number of hydrogen-bond donors (Lipinski definition) is 2. The number of ether oxygens (including phenoxy) is 1. The molecule has 1 saturated heterocycles. The quantitative estimate of drug-likeness (QED) is 0.688. The summed E-state index contributed by atoms with van der Waals surface area (Å²) in [5.41, 5.74) is 0.485. The molecule has 2 fully saturated rings. The normalized spacial score (nSPS) is 21.1. The van der Waals surface area contributed by atoms with Gasteiger partial charge in [-0.2, -0.15) is 13.2 Å². The fourth-order valence-corrected chi connectivity index (χ4v) is 2.09. The molecule has 0 aromatic rings. The van der Waals surface area contributed by atoms with Gasteiger partial charge in [-0.05, 0) is 18.3 Å². The summed E-state index contributed by atoms with van der Waals surface area (Å²) in [6, 6.07) is 0. The first-order valence-corrected chi connectivity index (χ1v) is 5.29. The topological polar surface area (TPSA) is 75.6 Å². The molecule has 0 bridgehead atoms. The molecule has 0 radical (unpaired) electrons. The van der Waals surface area contributed by atoms with Crippen LogP contribution in [0.5, 0.6) is 0 Å². The summed E-state index contributed by atoms with van der Waals surface area (Å²) in [6.45, 7) is 2.20. The average molecular weight is 269 g/mol. The molecule has 0 atom stereocenters. The lowest BCUT2D eigenvalue weighted by atomic mass is 9.58. The van der Waals surface area contributed by atoms with E-state index < -0.39 is 12.1 Å². The summed E-state index contributed by atoms with van der Waals surface area (Å²) < 4.78 is 36.4. The van der Waals surface area contributed by atoms with E-state index in [0.717, 1.165) is 25.9 Å². The zero-order valence-corrected chi connectivity index (χ0v) is 9.71. The van der Waals surface area contributed by atoms with E-state index in [2.05, 4.69) is 10.1 Å². The van der Waals surface area contributed by atoms with Crippen molar-refractivity contribution in [2.24, 2.45) is 11.3 Å². The Kier molecular flexibility index (Phi) is 4.20. The van der Waals surface area contributed by atoms with Gasteiger partial charge in [-0.25, -0.2) is 4.79 Å². The second-order valence-electron chi connectivity index (χ2n) is 4.53. The molecule has 0 amide bonds. The number of carboxylic acid groups (broad SMARTS) is 1. The Hall–Kier alpha value is -1.31. The first-order chi connectivity index (χ1) is 8.20. The number of rotatable bonds is 1. The van der Waals surface area contributed by atoms with Crippen LogP contribution < -0.4 is 5.32 Å². The fourth-order valence-electron chi connectivity index (χ4n) is 2.09. The molecule has 5 nitrogen and oxygen atoms in total. The number of alkyl halides is 3. The van der Waals surface area contributed by atoms with Crippen LogP contribution in [0.15, 0.2) is 0 Å². The molecule has 2 rings (SSSR count). The van der Waals surface area contributed by atoms with Crippen LogP contribution in [0.1, 0.15) is 12.8 Å². The number of nitrogens with one attached hydrogen (secondary N) is 1. The maximum atomic E-state index is 11.0. The molecule has 0 unspecified atom stereocenters. The third-order valence-electron chi connectivity index (χ3n) is 3.14. The average Bonchev–Trinajstić information content (AvgIpc) is 2.12. The number of halogens is 3. The van der Waals surface area contributed by atoms with Crippen LogP contribution in [-0.4, -0.2) is 43.4 Å². The Labute approximate surface area is 101 Å². The molecule has 0 aromatic carbocycles. The molecular weight excluding hydrogens is 255 g/mol. The molecule has 0 aromatic heterocycles. The maximum Gasteiger partial charge on any atom is 0.490 e. The minimum absolute atomic E-state index is 0.0254. The molecule has 1 aliphatic carbocycles. The van der Waals surface area contributed by atoms with Gasteiger partial charge < -0.3 is 15.2 Å². The molecule has 2 N–H and O–H groups in total. The van der Waals surface area contributed by atoms with Crippen LogP contribution in [0.25, 0.3) is 0 Å². The summed E-state index contributed by atoms with van der Waals surface area (Å²) in [7, 11) is 1.46. The van der Waals surface area contributed by atoms with E-state index in [4.69, 9.17) is 9.90 Å². The molecule has 104 valence electrons. The van der Waals surface area contributed by atoms with Crippen molar-refractivity contribution in [2.75, 3.05) is 20.2 Å². The first-order valence-electron chi connectivity index (χ1n) is 5.29. The smallest absolute Gasteiger partial charge is 0.475 e. The number of carbonyl (C=O) groups excluding carboxylic acids is 1. The van der Waals surface area contributed by atoms with Gasteiger partial charge in [-0.3, -0.25) is 4.79 Å². The van der Waals surface area contributed by atoms with E-state index in [1.54, 1.807) is 0 Å².